The summed E-state index contributed by atoms with van der Waals surface area (Å²) in [7, 11) is 0. The number of hydrogen-bond acceptors (Lipinski definition) is 8. The van der Waals surface area contributed by atoms with E-state index in [9.17, 15) is 4.79 Å². The van der Waals surface area contributed by atoms with Crippen molar-refractivity contribution in [2.75, 3.05) is 31.1 Å². The highest BCUT2D eigenvalue weighted by Gasteiger charge is 2.26. The molecule has 0 spiro atoms. The molecule has 0 bridgehead atoms. The molecule has 3 aromatic rings. The van der Waals surface area contributed by atoms with E-state index in [4.69, 9.17) is 0 Å². The van der Waals surface area contributed by atoms with Crippen molar-refractivity contribution >= 4 is 23.2 Å². The molecule has 24 heavy (non-hydrogen) atoms. The Kier molecular flexibility index (Phi) is 3.87. The van der Waals surface area contributed by atoms with Crippen molar-refractivity contribution in [2.24, 2.45) is 0 Å². The number of thiophene rings is 1. The monoisotopic (exact) mass is 342 g/mol. The molecule has 9 nitrogen and oxygen atoms in total. The molecular formula is C14H14N8OS. The summed E-state index contributed by atoms with van der Waals surface area (Å²) >= 11 is 1.40. The van der Waals surface area contributed by atoms with Crippen molar-refractivity contribution in [3.63, 3.8) is 0 Å². The van der Waals surface area contributed by atoms with E-state index in [1.54, 1.807) is 18.5 Å². The lowest BCUT2D eigenvalue weighted by molar-refractivity contribution is 0.0751. The summed E-state index contributed by atoms with van der Waals surface area (Å²) in [4.78, 5) is 25.9. The molecule has 0 aromatic carbocycles. The van der Waals surface area contributed by atoms with Crippen LogP contribution in [0.1, 0.15) is 9.67 Å². The van der Waals surface area contributed by atoms with Gasteiger partial charge in [0.1, 0.15) is 11.2 Å². The van der Waals surface area contributed by atoms with Crippen molar-refractivity contribution < 1.29 is 4.79 Å². The topological polar surface area (TPSA) is 92.9 Å². The predicted molar refractivity (Wildman–Crippen MR) is 87.2 cm³/mol. The molecule has 1 saturated heterocycles. The number of hydrogen-bond donors (Lipinski definition) is 0. The Bertz CT molecular complexity index is 810. The zero-order chi connectivity index (χ0) is 16.4. The minimum absolute atomic E-state index is 0.00382. The van der Waals surface area contributed by atoms with Gasteiger partial charge in [-0.15, -0.1) is 16.4 Å². The van der Waals surface area contributed by atoms with Crippen LogP contribution in [0.3, 0.4) is 0 Å². The number of anilines is 1. The van der Waals surface area contributed by atoms with E-state index in [0.29, 0.717) is 42.7 Å². The number of carbonyl (C=O) groups is 1. The highest BCUT2D eigenvalue weighted by atomic mass is 32.1. The summed E-state index contributed by atoms with van der Waals surface area (Å²) < 4.78 is 1.51. The number of aromatic nitrogens is 6. The average Bonchev–Trinajstić information content (AvgIpc) is 3.33. The van der Waals surface area contributed by atoms with Gasteiger partial charge in [-0.05, 0) is 27.9 Å². The SMILES string of the molecule is O=C(c1sccc1-n1cnnn1)N1CCN(c2ncccn2)CC1. The molecule has 1 amide bonds. The molecule has 122 valence electrons. The Morgan fingerprint density at radius 3 is 2.62 bits per heavy atom. The molecule has 0 aliphatic carbocycles. The number of tetrazole rings is 1. The van der Waals surface area contributed by atoms with Gasteiger partial charge in [-0.3, -0.25) is 4.79 Å². The van der Waals surface area contributed by atoms with Gasteiger partial charge in [0.15, 0.2) is 0 Å². The van der Waals surface area contributed by atoms with Crippen LogP contribution in [-0.4, -0.2) is 67.2 Å². The molecule has 0 saturated carbocycles. The fraction of sp³-hybridized carbons (Fsp3) is 0.286. The van der Waals surface area contributed by atoms with Gasteiger partial charge in [0, 0.05) is 38.6 Å². The van der Waals surface area contributed by atoms with Gasteiger partial charge in [-0.25, -0.2) is 9.97 Å². The zero-order valence-corrected chi connectivity index (χ0v) is 13.5. The summed E-state index contributed by atoms with van der Waals surface area (Å²) in [6.07, 6.45) is 4.94. The molecule has 0 N–H and O–H groups in total. The van der Waals surface area contributed by atoms with E-state index >= 15 is 0 Å². The molecule has 4 heterocycles. The van der Waals surface area contributed by atoms with Crippen LogP contribution in [0.4, 0.5) is 5.95 Å². The quantitative estimate of drug-likeness (QED) is 0.683. The molecular weight excluding hydrogens is 328 g/mol. The normalized spacial score (nSPS) is 14.8. The standard InChI is InChI=1S/C14H14N8OS/c23-13(12-11(2-9-24-12)22-10-17-18-19-22)20-5-7-21(8-6-20)14-15-3-1-4-16-14/h1-4,9-10H,5-8H2. The fourth-order valence-corrected chi connectivity index (χ4v) is 3.47. The lowest BCUT2D eigenvalue weighted by Gasteiger charge is -2.34. The van der Waals surface area contributed by atoms with Crippen LogP contribution in [0.25, 0.3) is 5.69 Å². The molecule has 1 fully saturated rings. The van der Waals surface area contributed by atoms with Gasteiger partial charge in [0.2, 0.25) is 5.95 Å². The van der Waals surface area contributed by atoms with E-state index in [1.165, 1.54) is 22.3 Å². The molecule has 1 aliphatic heterocycles. The highest BCUT2D eigenvalue weighted by molar-refractivity contribution is 7.12. The summed E-state index contributed by atoms with van der Waals surface area (Å²) in [5.74, 6) is 0.708. The van der Waals surface area contributed by atoms with Crippen LogP contribution in [0.15, 0.2) is 36.2 Å². The Morgan fingerprint density at radius 1 is 1.12 bits per heavy atom. The van der Waals surface area contributed by atoms with Crippen LogP contribution in [0.5, 0.6) is 0 Å². The first-order chi connectivity index (χ1) is 11.8. The minimum atomic E-state index is 0.00382. The second kappa shape index (κ2) is 6.32. The maximum atomic E-state index is 12.8. The molecule has 0 atom stereocenters. The number of nitrogens with zero attached hydrogens (tertiary/aromatic N) is 8. The van der Waals surface area contributed by atoms with E-state index in [0.717, 1.165) is 0 Å². The molecule has 0 radical (unpaired) electrons. The Balaban J connectivity index is 1.47. The second-order valence-electron chi connectivity index (χ2n) is 5.22. The molecule has 4 rings (SSSR count). The first-order valence-corrected chi connectivity index (χ1v) is 8.33. The van der Waals surface area contributed by atoms with Crippen LogP contribution in [0, 0.1) is 0 Å². The summed E-state index contributed by atoms with van der Waals surface area (Å²) in [6, 6.07) is 3.64. The summed E-state index contributed by atoms with van der Waals surface area (Å²) in [6.45, 7) is 2.68. The van der Waals surface area contributed by atoms with Crippen LogP contribution in [0.2, 0.25) is 0 Å². The second-order valence-corrected chi connectivity index (χ2v) is 6.13. The van der Waals surface area contributed by atoms with Crippen molar-refractivity contribution in [3.8, 4) is 5.69 Å². The smallest absolute Gasteiger partial charge is 0.266 e. The maximum Gasteiger partial charge on any atom is 0.266 e. The number of amides is 1. The Hall–Kier alpha value is -2.88. The Labute approximate surface area is 141 Å². The lowest BCUT2D eigenvalue weighted by Crippen LogP contribution is -2.49. The number of piperazine rings is 1. The molecule has 1 aliphatic rings. The van der Waals surface area contributed by atoms with E-state index in [2.05, 4.69) is 30.4 Å². The van der Waals surface area contributed by atoms with Crippen molar-refractivity contribution in [3.05, 3.63) is 41.1 Å². The maximum absolute atomic E-state index is 12.8. The van der Waals surface area contributed by atoms with Crippen molar-refractivity contribution in [2.45, 2.75) is 0 Å². The third-order valence-electron chi connectivity index (χ3n) is 3.84. The van der Waals surface area contributed by atoms with Gasteiger partial charge < -0.3 is 9.80 Å². The van der Waals surface area contributed by atoms with E-state index < -0.39 is 0 Å². The van der Waals surface area contributed by atoms with Crippen molar-refractivity contribution in [1.82, 2.24) is 35.1 Å². The molecule has 10 heteroatoms. The van der Waals surface area contributed by atoms with Gasteiger partial charge in [-0.2, -0.15) is 4.68 Å². The average molecular weight is 342 g/mol. The molecule has 3 aromatic heterocycles. The van der Waals surface area contributed by atoms with E-state index in [-0.39, 0.29) is 5.91 Å². The van der Waals surface area contributed by atoms with Gasteiger partial charge in [-0.1, -0.05) is 0 Å². The van der Waals surface area contributed by atoms with Crippen LogP contribution < -0.4 is 4.90 Å². The third kappa shape index (κ3) is 2.71. The zero-order valence-electron chi connectivity index (χ0n) is 12.7. The van der Waals surface area contributed by atoms with E-state index in [1.807, 2.05) is 16.3 Å². The van der Waals surface area contributed by atoms with Crippen LogP contribution in [-0.2, 0) is 0 Å². The first kappa shape index (κ1) is 14.7. The fourth-order valence-electron chi connectivity index (χ4n) is 2.62. The van der Waals surface area contributed by atoms with Gasteiger partial charge in [0.05, 0.1) is 5.69 Å². The largest absolute Gasteiger partial charge is 0.337 e. The Morgan fingerprint density at radius 2 is 1.92 bits per heavy atom. The highest BCUT2D eigenvalue weighted by Crippen LogP contribution is 2.23. The molecule has 0 unspecified atom stereocenters. The first-order valence-electron chi connectivity index (χ1n) is 7.45. The van der Waals surface area contributed by atoms with Gasteiger partial charge in [0.25, 0.3) is 5.91 Å². The van der Waals surface area contributed by atoms with Crippen molar-refractivity contribution in [1.29, 1.82) is 0 Å². The van der Waals surface area contributed by atoms with Crippen LogP contribution >= 0.6 is 11.3 Å². The summed E-state index contributed by atoms with van der Waals surface area (Å²) in [5.41, 5.74) is 0.712. The number of rotatable bonds is 3. The third-order valence-corrected chi connectivity index (χ3v) is 4.73. The lowest BCUT2D eigenvalue weighted by atomic mass is 10.3. The van der Waals surface area contributed by atoms with Gasteiger partial charge >= 0.3 is 0 Å². The number of carbonyl (C=O) groups excluding carboxylic acids is 1. The predicted octanol–water partition coefficient (Wildman–Crippen LogP) is 0.476. The summed E-state index contributed by atoms with van der Waals surface area (Å²) in [5, 5.41) is 13.0. The minimum Gasteiger partial charge on any atom is -0.337 e.